The van der Waals surface area contributed by atoms with E-state index in [0.29, 0.717) is 23.8 Å². The van der Waals surface area contributed by atoms with Crippen LogP contribution in [0.25, 0.3) is 10.8 Å². The molecule has 0 radical (unpaired) electrons. The molecule has 0 bridgehead atoms. The maximum atomic E-state index is 13.2. The minimum absolute atomic E-state index is 0.0843. The Morgan fingerprint density at radius 3 is 2.64 bits per heavy atom. The highest BCUT2D eigenvalue weighted by atomic mass is 16.2. The third-order valence-electron chi connectivity index (χ3n) is 6.00. The molecule has 0 unspecified atom stereocenters. The van der Waals surface area contributed by atoms with E-state index in [-0.39, 0.29) is 5.91 Å². The average molecular weight is 337 g/mol. The van der Waals surface area contributed by atoms with E-state index in [0.717, 1.165) is 30.3 Å². The molecule has 3 heterocycles. The van der Waals surface area contributed by atoms with Gasteiger partial charge in [0.25, 0.3) is 5.91 Å². The van der Waals surface area contributed by atoms with E-state index in [1.807, 2.05) is 35.2 Å². The SMILES string of the molecule is C[C@@H]1CC[C@@H](C)N1[C@H]1CCCN(C(=O)c2nccc3ccccc23)C1. The van der Waals surface area contributed by atoms with Crippen LogP contribution in [0.15, 0.2) is 36.5 Å². The molecule has 1 amide bonds. The quantitative estimate of drug-likeness (QED) is 0.838. The number of carbonyl (C=O) groups excluding carboxylic acids is 1. The van der Waals surface area contributed by atoms with Gasteiger partial charge in [-0.05, 0) is 51.0 Å². The highest BCUT2D eigenvalue weighted by molar-refractivity contribution is 6.05. The van der Waals surface area contributed by atoms with E-state index in [1.165, 1.54) is 19.3 Å². The first-order valence-electron chi connectivity index (χ1n) is 9.55. The highest BCUT2D eigenvalue weighted by Gasteiger charge is 2.36. The molecule has 1 aromatic heterocycles. The van der Waals surface area contributed by atoms with Crippen LogP contribution in [0, 0.1) is 0 Å². The Morgan fingerprint density at radius 1 is 1.08 bits per heavy atom. The molecule has 4 heteroatoms. The molecule has 2 aliphatic heterocycles. The van der Waals surface area contributed by atoms with Crippen molar-refractivity contribution < 1.29 is 4.79 Å². The first-order valence-corrected chi connectivity index (χ1v) is 9.55. The maximum Gasteiger partial charge on any atom is 0.273 e. The lowest BCUT2D eigenvalue weighted by atomic mass is 10.0. The monoisotopic (exact) mass is 337 g/mol. The first-order chi connectivity index (χ1) is 12.1. The molecule has 2 fully saturated rings. The molecule has 3 atom stereocenters. The minimum atomic E-state index is 0.0843. The smallest absolute Gasteiger partial charge is 0.273 e. The van der Waals surface area contributed by atoms with E-state index in [1.54, 1.807) is 6.20 Å². The van der Waals surface area contributed by atoms with Crippen molar-refractivity contribution in [3.05, 3.63) is 42.2 Å². The molecule has 132 valence electrons. The van der Waals surface area contributed by atoms with Crippen LogP contribution in [-0.4, -0.2) is 51.9 Å². The Morgan fingerprint density at radius 2 is 1.84 bits per heavy atom. The average Bonchev–Trinajstić information content (AvgIpc) is 2.99. The molecule has 2 saturated heterocycles. The number of nitrogens with zero attached hydrogens (tertiary/aromatic N) is 3. The predicted molar refractivity (Wildman–Crippen MR) is 101 cm³/mol. The van der Waals surface area contributed by atoms with Gasteiger partial charge in [0, 0.05) is 42.8 Å². The van der Waals surface area contributed by atoms with Crippen LogP contribution in [0.5, 0.6) is 0 Å². The number of amides is 1. The second kappa shape index (κ2) is 6.75. The van der Waals surface area contributed by atoms with Crippen molar-refractivity contribution in [3.63, 3.8) is 0 Å². The van der Waals surface area contributed by atoms with Crippen LogP contribution in [0.2, 0.25) is 0 Å². The van der Waals surface area contributed by atoms with Crippen LogP contribution >= 0.6 is 0 Å². The summed E-state index contributed by atoms with van der Waals surface area (Å²) >= 11 is 0. The van der Waals surface area contributed by atoms with Crippen molar-refractivity contribution in [2.75, 3.05) is 13.1 Å². The maximum absolute atomic E-state index is 13.2. The second-order valence-electron chi connectivity index (χ2n) is 7.65. The Balaban J connectivity index is 1.57. The highest BCUT2D eigenvalue weighted by Crippen LogP contribution is 2.30. The summed E-state index contributed by atoms with van der Waals surface area (Å²) in [4.78, 5) is 22.3. The summed E-state index contributed by atoms with van der Waals surface area (Å²) in [6.45, 7) is 6.34. The van der Waals surface area contributed by atoms with Gasteiger partial charge in [-0.15, -0.1) is 0 Å². The number of likely N-dealkylation sites (tertiary alicyclic amines) is 2. The summed E-state index contributed by atoms with van der Waals surface area (Å²) in [6, 6.07) is 11.7. The molecular weight excluding hydrogens is 310 g/mol. The van der Waals surface area contributed by atoms with Crippen LogP contribution < -0.4 is 0 Å². The van der Waals surface area contributed by atoms with Crippen LogP contribution in [0.4, 0.5) is 0 Å². The van der Waals surface area contributed by atoms with Crippen LogP contribution in [0.1, 0.15) is 50.0 Å². The summed E-state index contributed by atoms with van der Waals surface area (Å²) in [5.41, 5.74) is 0.598. The molecule has 4 rings (SSSR count). The summed E-state index contributed by atoms with van der Waals surface area (Å²) < 4.78 is 0. The van der Waals surface area contributed by atoms with Crippen molar-refractivity contribution in [2.24, 2.45) is 0 Å². The molecule has 0 spiro atoms. The number of hydrogen-bond acceptors (Lipinski definition) is 3. The van der Waals surface area contributed by atoms with Gasteiger partial charge in [-0.2, -0.15) is 0 Å². The molecule has 4 nitrogen and oxygen atoms in total. The Labute approximate surface area is 149 Å². The van der Waals surface area contributed by atoms with Crippen LogP contribution in [0.3, 0.4) is 0 Å². The zero-order chi connectivity index (χ0) is 17.4. The minimum Gasteiger partial charge on any atom is -0.336 e. The fourth-order valence-corrected chi connectivity index (χ4v) is 4.76. The Kier molecular flexibility index (Phi) is 4.46. The van der Waals surface area contributed by atoms with E-state index in [9.17, 15) is 4.79 Å². The zero-order valence-corrected chi connectivity index (χ0v) is 15.2. The normalized spacial score (nSPS) is 27.8. The second-order valence-corrected chi connectivity index (χ2v) is 7.65. The third kappa shape index (κ3) is 3.04. The van der Waals surface area contributed by atoms with E-state index < -0.39 is 0 Å². The molecule has 1 aromatic carbocycles. The number of benzene rings is 1. The van der Waals surface area contributed by atoms with Gasteiger partial charge in [-0.3, -0.25) is 14.7 Å². The molecular formula is C21H27N3O. The van der Waals surface area contributed by atoms with Gasteiger partial charge in [0.15, 0.2) is 0 Å². The molecule has 0 saturated carbocycles. The van der Waals surface area contributed by atoms with Crippen molar-refractivity contribution in [3.8, 4) is 0 Å². The lowest BCUT2D eigenvalue weighted by molar-refractivity contribution is 0.0484. The van der Waals surface area contributed by atoms with Crippen LogP contribution in [-0.2, 0) is 0 Å². The standard InChI is InChI=1S/C21H27N3O/c1-15-9-10-16(2)24(15)18-7-5-13-23(14-18)21(25)20-19-8-4-3-6-17(19)11-12-22-20/h3-4,6,8,11-12,15-16,18H,5,7,9-10,13-14H2,1-2H3/t15-,16-,18+/m1/s1. The van der Waals surface area contributed by atoms with Crippen molar-refractivity contribution >= 4 is 16.7 Å². The summed E-state index contributed by atoms with van der Waals surface area (Å²) in [6.07, 6.45) is 6.58. The fraction of sp³-hybridized carbons (Fsp3) is 0.524. The number of rotatable bonds is 2. The van der Waals surface area contributed by atoms with Gasteiger partial charge in [0.1, 0.15) is 5.69 Å². The lowest BCUT2D eigenvalue weighted by Gasteiger charge is -2.41. The summed E-state index contributed by atoms with van der Waals surface area (Å²) in [5, 5.41) is 2.04. The number of carbonyl (C=O) groups is 1. The van der Waals surface area contributed by atoms with Gasteiger partial charge in [-0.25, -0.2) is 0 Å². The topological polar surface area (TPSA) is 36.4 Å². The van der Waals surface area contributed by atoms with Gasteiger partial charge in [0.2, 0.25) is 0 Å². The fourth-order valence-electron chi connectivity index (χ4n) is 4.76. The van der Waals surface area contributed by atoms with Gasteiger partial charge in [0.05, 0.1) is 0 Å². The largest absolute Gasteiger partial charge is 0.336 e. The van der Waals surface area contributed by atoms with Gasteiger partial charge < -0.3 is 4.90 Å². The number of piperidine rings is 1. The number of fused-ring (bicyclic) bond motifs is 1. The number of hydrogen-bond donors (Lipinski definition) is 0. The molecule has 2 aromatic rings. The summed E-state index contributed by atoms with van der Waals surface area (Å²) in [7, 11) is 0. The van der Waals surface area contributed by atoms with E-state index >= 15 is 0 Å². The zero-order valence-electron chi connectivity index (χ0n) is 15.2. The summed E-state index contributed by atoms with van der Waals surface area (Å²) in [5.74, 6) is 0.0843. The number of pyridine rings is 1. The van der Waals surface area contributed by atoms with Crippen molar-refractivity contribution in [2.45, 2.75) is 57.7 Å². The molecule has 25 heavy (non-hydrogen) atoms. The van der Waals surface area contributed by atoms with Crippen molar-refractivity contribution in [1.82, 2.24) is 14.8 Å². The Hall–Kier alpha value is -1.94. The van der Waals surface area contributed by atoms with Gasteiger partial charge in [-0.1, -0.05) is 24.3 Å². The third-order valence-corrected chi connectivity index (χ3v) is 6.00. The Bertz CT molecular complexity index is 759. The lowest BCUT2D eigenvalue weighted by Crippen LogP contribution is -2.52. The van der Waals surface area contributed by atoms with Gasteiger partial charge >= 0.3 is 0 Å². The van der Waals surface area contributed by atoms with E-state index in [4.69, 9.17) is 0 Å². The first kappa shape index (κ1) is 16.5. The molecule has 2 aliphatic rings. The molecule has 0 aliphatic carbocycles. The predicted octanol–water partition coefficient (Wildman–Crippen LogP) is 3.71. The van der Waals surface area contributed by atoms with E-state index in [2.05, 4.69) is 23.7 Å². The number of aromatic nitrogens is 1. The molecule has 0 N–H and O–H groups in total. The van der Waals surface area contributed by atoms with Crippen molar-refractivity contribution in [1.29, 1.82) is 0 Å².